The largest absolute Gasteiger partial charge is 0.395 e. The van der Waals surface area contributed by atoms with Gasteiger partial charge in [-0.15, -0.1) is 0 Å². The van der Waals surface area contributed by atoms with Crippen LogP contribution in [0.15, 0.2) is 23.5 Å². The van der Waals surface area contributed by atoms with Gasteiger partial charge in [-0.05, 0) is 18.6 Å². The van der Waals surface area contributed by atoms with Gasteiger partial charge in [-0.1, -0.05) is 11.2 Å². The van der Waals surface area contributed by atoms with E-state index in [4.69, 9.17) is 4.84 Å². The molecular weight excluding hydrogens is 152 g/mol. The molecule has 0 bridgehead atoms. The van der Waals surface area contributed by atoms with Gasteiger partial charge in [-0.25, -0.2) is 0 Å². The maximum absolute atomic E-state index is 4.91. The van der Waals surface area contributed by atoms with Crippen molar-refractivity contribution in [2.45, 2.75) is 13.3 Å². The molecule has 0 aromatic carbocycles. The fraction of sp³-hybridized carbons (Fsp3) is 0.333. The topological polar surface area (TPSA) is 34.5 Å². The average Bonchev–Trinajstić information content (AvgIpc) is 2.57. The first-order chi connectivity index (χ1) is 5.88. The average molecular weight is 162 g/mol. The fourth-order valence-corrected chi connectivity index (χ4v) is 1.26. The maximum atomic E-state index is 4.91. The molecule has 1 aromatic heterocycles. The number of rotatable bonds is 1. The van der Waals surface area contributed by atoms with Gasteiger partial charge in [0.05, 0.1) is 5.69 Å². The first-order valence-electron chi connectivity index (χ1n) is 3.99. The summed E-state index contributed by atoms with van der Waals surface area (Å²) in [5.41, 5.74) is 3.09. The number of nitrogens with zero attached hydrogens (tertiary/aromatic N) is 2. The molecule has 0 fully saturated rings. The van der Waals surface area contributed by atoms with Crippen molar-refractivity contribution in [3.63, 3.8) is 0 Å². The lowest BCUT2D eigenvalue weighted by Gasteiger charge is -1.99. The van der Waals surface area contributed by atoms with Gasteiger partial charge in [0.1, 0.15) is 12.3 Å². The van der Waals surface area contributed by atoms with E-state index in [1.807, 2.05) is 19.1 Å². The zero-order valence-corrected chi connectivity index (χ0v) is 6.95. The Bertz CT molecular complexity index is 320. The number of pyridine rings is 1. The van der Waals surface area contributed by atoms with Gasteiger partial charge in [-0.3, -0.25) is 4.98 Å². The van der Waals surface area contributed by atoms with Crippen LogP contribution in [0.2, 0.25) is 0 Å². The minimum atomic E-state index is 0.686. The van der Waals surface area contributed by atoms with Crippen LogP contribution in [0.3, 0.4) is 0 Å². The molecule has 0 N–H and O–H groups in total. The van der Waals surface area contributed by atoms with Crippen LogP contribution in [-0.2, 0) is 4.84 Å². The lowest BCUT2D eigenvalue weighted by molar-refractivity contribution is 0.174. The molecule has 0 atom stereocenters. The smallest absolute Gasteiger partial charge is 0.122 e. The number of aryl methyl sites for hydroxylation is 1. The highest BCUT2D eigenvalue weighted by molar-refractivity contribution is 6.00. The molecule has 2 rings (SSSR count). The Morgan fingerprint density at radius 2 is 2.42 bits per heavy atom. The summed E-state index contributed by atoms with van der Waals surface area (Å²) in [6.07, 6.45) is 2.65. The molecule has 3 heteroatoms. The summed E-state index contributed by atoms with van der Waals surface area (Å²) >= 11 is 0. The summed E-state index contributed by atoms with van der Waals surface area (Å²) in [4.78, 5) is 9.16. The van der Waals surface area contributed by atoms with Crippen LogP contribution in [0, 0.1) is 6.92 Å². The van der Waals surface area contributed by atoms with Crippen molar-refractivity contribution in [3.05, 3.63) is 29.6 Å². The quantitative estimate of drug-likeness (QED) is 0.627. The van der Waals surface area contributed by atoms with Crippen molar-refractivity contribution in [1.29, 1.82) is 0 Å². The summed E-state index contributed by atoms with van der Waals surface area (Å²) in [6.45, 7) is 2.72. The van der Waals surface area contributed by atoms with E-state index in [1.54, 1.807) is 6.20 Å². The predicted octanol–water partition coefficient (Wildman–Crippen LogP) is 1.51. The van der Waals surface area contributed by atoms with Crippen LogP contribution in [0.5, 0.6) is 0 Å². The first-order valence-corrected chi connectivity index (χ1v) is 3.99. The SMILES string of the molecule is Cc1cccnc1C1=NOCC1. The Morgan fingerprint density at radius 3 is 3.08 bits per heavy atom. The minimum Gasteiger partial charge on any atom is -0.395 e. The summed E-state index contributed by atoms with van der Waals surface area (Å²) < 4.78 is 0. The molecule has 2 heterocycles. The lowest BCUT2D eigenvalue weighted by atomic mass is 10.1. The van der Waals surface area contributed by atoms with Gasteiger partial charge in [0.25, 0.3) is 0 Å². The Labute approximate surface area is 71.1 Å². The maximum Gasteiger partial charge on any atom is 0.122 e. The number of hydrogen-bond acceptors (Lipinski definition) is 3. The zero-order valence-electron chi connectivity index (χ0n) is 6.95. The van der Waals surface area contributed by atoms with Crippen LogP contribution in [0.25, 0.3) is 0 Å². The molecular formula is C9H10N2O. The van der Waals surface area contributed by atoms with Crippen LogP contribution < -0.4 is 0 Å². The zero-order chi connectivity index (χ0) is 8.39. The standard InChI is InChI=1S/C9H10N2O/c1-7-3-2-5-10-9(7)8-4-6-12-11-8/h2-3,5H,4,6H2,1H3. The van der Waals surface area contributed by atoms with Gasteiger partial charge in [0, 0.05) is 12.6 Å². The molecule has 1 aliphatic heterocycles. The summed E-state index contributed by atoms with van der Waals surface area (Å²) in [7, 11) is 0. The Balaban J connectivity index is 2.39. The van der Waals surface area contributed by atoms with Crippen LogP contribution in [0.1, 0.15) is 17.7 Å². The van der Waals surface area contributed by atoms with E-state index >= 15 is 0 Å². The Morgan fingerprint density at radius 1 is 1.50 bits per heavy atom. The highest BCUT2D eigenvalue weighted by Crippen LogP contribution is 2.11. The number of oxime groups is 1. The molecule has 3 nitrogen and oxygen atoms in total. The molecule has 12 heavy (non-hydrogen) atoms. The molecule has 0 spiro atoms. The number of hydrogen-bond donors (Lipinski definition) is 0. The first kappa shape index (κ1) is 7.28. The van der Waals surface area contributed by atoms with Crippen LogP contribution in [0.4, 0.5) is 0 Å². The molecule has 0 radical (unpaired) electrons. The monoisotopic (exact) mass is 162 g/mol. The molecule has 62 valence electrons. The summed E-state index contributed by atoms with van der Waals surface area (Å²) in [5, 5.41) is 3.92. The third-order valence-electron chi connectivity index (χ3n) is 1.89. The van der Waals surface area contributed by atoms with Gasteiger partial charge in [0.15, 0.2) is 0 Å². The Hall–Kier alpha value is -1.38. The van der Waals surface area contributed by atoms with Crippen molar-refractivity contribution < 1.29 is 4.84 Å². The highest BCUT2D eigenvalue weighted by atomic mass is 16.6. The molecule has 1 aliphatic rings. The second-order valence-corrected chi connectivity index (χ2v) is 2.79. The van der Waals surface area contributed by atoms with Gasteiger partial charge in [0.2, 0.25) is 0 Å². The third kappa shape index (κ3) is 1.18. The highest BCUT2D eigenvalue weighted by Gasteiger charge is 2.13. The van der Waals surface area contributed by atoms with E-state index in [2.05, 4.69) is 10.1 Å². The lowest BCUT2D eigenvalue weighted by Crippen LogP contribution is -2.02. The van der Waals surface area contributed by atoms with Crippen molar-refractivity contribution in [1.82, 2.24) is 4.98 Å². The molecule has 1 aromatic rings. The number of aromatic nitrogens is 1. The van der Waals surface area contributed by atoms with Crippen molar-refractivity contribution >= 4 is 5.71 Å². The van der Waals surface area contributed by atoms with E-state index in [1.165, 1.54) is 0 Å². The molecule has 0 unspecified atom stereocenters. The molecule has 0 amide bonds. The fourth-order valence-electron chi connectivity index (χ4n) is 1.26. The third-order valence-corrected chi connectivity index (χ3v) is 1.89. The van der Waals surface area contributed by atoms with E-state index in [-0.39, 0.29) is 0 Å². The van der Waals surface area contributed by atoms with Gasteiger partial charge < -0.3 is 4.84 Å². The second-order valence-electron chi connectivity index (χ2n) is 2.79. The predicted molar refractivity (Wildman–Crippen MR) is 46.1 cm³/mol. The van der Waals surface area contributed by atoms with Gasteiger partial charge in [-0.2, -0.15) is 0 Å². The second kappa shape index (κ2) is 2.93. The normalized spacial score (nSPS) is 15.6. The molecule has 0 aliphatic carbocycles. The van der Waals surface area contributed by atoms with Crippen LogP contribution in [-0.4, -0.2) is 17.3 Å². The van der Waals surface area contributed by atoms with Crippen LogP contribution >= 0.6 is 0 Å². The molecule has 0 saturated carbocycles. The van der Waals surface area contributed by atoms with Crippen molar-refractivity contribution in [3.8, 4) is 0 Å². The van der Waals surface area contributed by atoms with E-state index in [9.17, 15) is 0 Å². The minimum absolute atomic E-state index is 0.686. The molecule has 0 saturated heterocycles. The van der Waals surface area contributed by atoms with Gasteiger partial charge >= 0.3 is 0 Å². The van der Waals surface area contributed by atoms with Crippen molar-refractivity contribution in [2.75, 3.05) is 6.61 Å². The summed E-state index contributed by atoms with van der Waals surface area (Å²) in [5.74, 6) is 0. The van der Waals surface area contributed by atoms with E-state index < -0.39 is 0 Å². The Kier molecular flexibility index (Phi) is 1.78. The van der Waals surface area contributed by atoms with E-state index in [0.29, 0.717) is 6.61 Å². The van der Waals surface area contributed by atoms with Crippen molar-refractivity contribution in [2.24, 2.45) is 5.16 Å². The summed E-state index contributed by atoms with van der Waals surface area (Å²) in [6, 6.07) is 3.96. The van der Waals surface area contributed by atoms with E-state index in [0.717, 1.165) is 23.4 Å².